The molecular formula is C21H20F2N6O. The summed E-state index contributed by atoms with van der Waals surface area (Å²) < 4.78 is 27.9. The molecule has 1 aliphatic rings. The van der Waals surface area contributed by atoms with Gasteiger partial charge in [0.2, 0.25) is 5.95 Å². The highest BCUT2D eigenvalue weighted by molar-refractivity contribution is 5.95. The molecule has 3 aromatic rings. The fourth-order valence-corrected chi connectivity index (χ4v) is 3.69. The van der Waals surface area contributed by atoms with E-state index < -0.39 is 17.4 Å². The van der Waals surface area contributed by atoms with Crippen LogP contribution in [0.1, 0.15) is 28.9 Å². The first kappa shape index (κ1) is 19.8. The Balaban J connectivity index is 1.49. The van der Waals surface area contributed by atoms with Crippen molar-refractivity contribution in [2.45, 2.75) is 24.4 Å². The van der Waals surface area contributed by atoms with Crippen LogP contribution in [0.2, 0.25) is 0 Å². The molecule has 0 bridgehead atoms. The normalized spacial score (nSPS) is 20.3. The first-order valence-electron chi connectivity index (χ1n) is 9.52. The maximum Gasteiger partial charge on any atom is 0.251 e. The largest absolute Gasteiger partial charge is 0.355 e. The van der Waals surface area contributed by atoms with Crippen LogP contribution < -0.4 is 10.6 Å². The van der Waals surface area contributed by atoms with Crippen molar-refractivity contribution >= 4 is 11.9 Å². The number of carbonyl (C=O) groups excluding carboxylic acids is 1. The Kier molecular flexibility index (Phi) is 5.35. The van der Waals surface area contributed by atoms with Crippen molar-refractivity contribution < 1.29 is 13.6 Å². The molecule has 0 radical (unpaired) electrons. The van der Waals surface area contributed by atoms with Crippen molar-refractivity contribution in [2.24, 2.45) is 0 Å². The first-order valence-corrected chi connectivity index (χ1v) is 9.52. The van der Waals surface area contributed by atoms with Crippen LogP contribution in [0.3, 0.4) is 0 Å². The van der Waals surface area contributed by atoms with E-state index in [2.05, 4.69) is 30.8 Å². The fraction of sp³-hybridized carbons (Fsp3) is 0.286. The predicted octanol–water partition coefficient (Wildman–Crippen LogP) is 2.91. The zero-order valence-corrected chi connectivity index (χ0v) is 16.3. The fourth-order valence-electron chi connectivity index (χ4n) is 3.69. The third-order valence-corrected chi connectivity index (χ3v) is 5.28. The van der Waals surface area contributed by atoms with Gasteiger partial charge in [-0.05, 0) is 37.1 Å². The number of halogens is 2. The average molecular weight is 410 g/mol. The summed E-state index contributed by atoms with van der Waals surface area (Å²) in [5.74, 6) is -0.398. The molecule has 4 rings (SSSR count). The van der Waals surface area contributed by atoms with Crippen LogP contribution in [0.4, 0.5) is 14.7 Å². The predicted molar refractivity (Wildman–Crippen MR) is 107 cm³/mol. The van der Waals surface area contributed by atoms with E-state index in [1.54, 1.807) is 31.3 Å². The quantitative estimate of drug-likeness (QED) is 0.649. The SMILES string of the molecule is CNC(=O)c1cccc(-c2cnc(NC[C@]3(c4ncccc4F)C[C@H](F)C3)nn2)c1. The highest BCUT2D eigenvalue weighted by atomic mass is 19.1. The van der Waals surface area contributed by atoms with Crippen molar-refractivity contribution in [3.63, 3.8) is 0 Å². The van der Waals surface area contributed by atoms with Gasteiger partial charge < -0.3 is 10.6 Å². The zero-order chi connectivity index (χ0) is 21.1. The number of hydrogen-bond donors (Lipinski definition) is 2. The van der Waals surface area contributed by atoms with E-state index in [1.165, 1.54) is 24.5 Å². The molecule has 1 amide bonds. The van der Waals surface area contributed by atoms with Gasteiger partial charge in [0.25, 0.3) is 5.91 Å². The molecule has 0 unspecified atom stereocenters. The molecule has 1 aliphatic carbocycles. The summed E-state index contributed by atoms with van der Waals surface area (Å²) in [6, 6.07) is 9.80. The van der Waals surface area contributed by atoms with Crippen LogP contribution >= 0.6 is 0 Å². The molecule has 1 saturated carbocycles. The van der Waals surface area contributed by atoms with Gasteiger partial charge >= 0.3 is 0 Å². The third-order valence-electron chi connectivity index (χ3n) is 5.28. The van der Waals surface area contributed by atoms with Crippen molar-refractivity contribution in [1.29, 1.82) is 0 Å². The molecule has 0 aliphatic heterocycles. The summed E-state index contributed by atoms with van der Waals surface area (Å²) in [4.78, 5) is 20.2. The molecule has 30 heavy (non-hydrogen) atoms. The molecule has 0 atom stereocenters. The van der Waals surface area contributed by atoms with Gasteiger partial charge in [0.05, 0.1) is 11.9 Å². The molecule has 9 heteroatoms. The number of nitrogens with zero attached hydrogens (tertiary/aromatic N) is 4. The minimum atomic E-state index is -0.984. The van der Waals surface area contributed by atoms with Crippen LogP contribution in [-0.2, 0) is 5.41 Å². The minimum absolute atomic E-state index is 0.186. The molecule has 1 fully saturated rings. The van der Waals surface area contributed by atoms with E-state index >= 15 is 0 Å². The Morgan fingerprint density at radius 2 is 2.03 bits per heavy atom. The third kappa shape index (κ3) is 3.83. The summed E-state index contributed by atoms with van der Waals surface area (Å²) >= 11 is 0. The second-order valence-corrected chi connectivity index (χ2v) is 7.30. The zero-order valence-electron chi connectivity index (χ0n) is 16.3. The molecule has 0 saturated heterocycles. The summed E-state index contributed by atoms with van der Waals surface area (Å²) in [5, 5.41) is 13.8. The number of hydrogen-bond acceptors (Lipinski definition) is 6. The van der Waals surface area contributed by atoms with E-state index in [1.807, 2.05) is 0 Å². The smallest absolute Gasteiger partial charge is 0.251 e. The molecule has 7 nitrogen and oxygen atoms in total. The number of pyridine rings is 1. The molecule has 2 N–H and O–H groups in total. The summed E-state index contributed by atoms with van der Waals surface area (Å²) in [5.41, 5.74) is 1.22. The summed E-state index contributed by atoms with van der Waals surface area (Å²) in [7, 11) is 1.56. The Morgan fingerprint density at radius 3 is 2.70 bits per heavy atom. The lowest BCUT2D eigenvalue weighted by atomic mass is 9.65. The number of aromatic nitrogens is 4. The maximum absolute atomic E-state index is 14.2. The second-order valence-electron chi connectivity index (χ2n) is 7.30. The van der Waals surface area contributed by atoms with Gasteiger partial charge in [-0.25, -0.2) is 13.8 Å². The monoisotopic (exact) mass is 410 g/mol. The van der Waals surface area contributed by atoms with Gasteiger partial charge in [0, 0.05) is 36.3 Å². The topological polar surface area (TPSA) is 92.7 Å². The molecule has 154 valence electrons. The van der Waals surface area contributed by atoms with Crippen LogP contribution in [-0.4, -0.2) is 45.8 Å². The maximum atomic E-state index is 14.2. The number of amides is 1. The van der Waals surface area contributed by atoms with E-state index in [9.17, 15) is 13.6 Å². The molecular weight excluding hydrogens is 390 g/mol. The molecule has 2 aromatic heterocycles. The van der Waals surface area contributed by atoms with Gasteiger partial charge in [0.15, 0.2) is 0 Å². The Labute approximate surface area is 172 Å². The Hall–Kier alpha value is -3.49. The van der Waals surface area contributed by atoms with Gasteiger partial charge in [-0.1, -0.05) is 12.1 Å². The van der Waals surface area contributed by atoms with Crippen LogP contribution in [0.25, 0.3) is 11.3 Å². The van der Waals surface area contributed by atoms with E-state index in [-0.39, 0.29) is 36.9 Å². The first-order chi connectivity index (χ1) is 14.5. The van der Waals surface area contributed by atoms with Gasteiger partial charge in [-0.3, -0.25) is 9.78 Å². The van der Waals surface area contributed by atoms with Crippen molar-refractivity contribution in [1.82, 2.24) is 25.5 Å². The summed E-state index contributed by atoms with van der Waals surface area (Å²) in [6.07, 6.45) is 2.43. The van der Waals surface area contributed by atoms with E-state index in [0.29, 0.717) is 16.8 Å². The van der Waals surface area contributed by atoms with E-state index in [0.717, 1.165) is 0 Å². The standard InChI is InChI=1S/C21H20F2N6O/c1-24-19(30)14-5-2-4-13(8-14)17-11-26-20(29-28-17)27-12-21(9-15(22)10-21)18-16(23)6-3-7-25-18/h2-8,11,15H,9-10,12H2,1H3,(H,24,30)(H,26,27,29)/t15-,21-. The van der Waals surface area contributed by atoms with Crippen LogP contribution in [0.15, 0.2) is 48.8 Å². The summed E-state index contributed by atoms with van der Waals surface area (Å²) in [6.45, 7) is 0.245. The highest BCUT2D eigenvalue weighted by Gasteiger charge is 2.48. The van der Waals surface area contributed by atoms with Crippen LogP contribution in [0.5, 0.6) is 0 Å². The number of nitrogens with one attached hydrogen (secondary N) is 2. The Morgan fingerprint density at radius 1 is 1.20 bits per heavy atom. The molecule has 0 spiro atoms. The Bertz CT molecular complexity index is 1050. The number of rotatable bonds is 6. The lowest BCUT2D eigenvalue weighted by Crippen LogP contribution is -2.49. The van der Waals surface area contributed by atoms with E-state index in [4.69, 9.17) is 0 Å². The minimum Gasteiger partial charge on any atom is -0.355 e. The number of alkyl halides is 1. The highest BCUT2D eigenvalue weighted by Crippen LogP contribution is 2.45. The van der Waals surface area contributed by atoms with Gasteiger partial charge in [-0.2, -0.15) is 0 Å². The van der Waals surface area contributed by atoms with Gasteiger partial charge in [-0.15, -0.1) is 10.2 Å². The van der Waals surface area contributed by atoms with Crippen molar-refractivity contribution in [3.8, 4) is 11.3 Å². The van der Waals surface area contributed by atoms with Crippen molar-refractivity contribution in [3.05, 3.63) is 65.9 Å². The molecule has 2 heterocycles. The van der Waals surface area contributed by atoms with Crippen molar-refractivity contribution in [2.75, 3.05) is 18.9 Å². The van der Waals surface area contributed by atoms with Gasteiger partial charge in [0.1, 0.15) is 17.7 Å². The average Bonchev–Trinajstić information content (AvgIpc) is 2.76. The second kappa shape index (κ2) is 8.10. The number of anilines is 1. The number of carbonyl (C=O) groups is 1. The lowest BCUT2D eigenvalue weighted by Gasteiger charge is -2.43. The number of benzene rings is 1. The van der Waals surface area contributed by atoms with Crippen LogP contribution in [0, 0.1) is 5.82 Å². The lowest BCUT2D eigenvalue weighted by molar-refractivity contribution is 0.0958. The molecule has 1 aromatic carbocycles.